The van der Waals surface area contributed by atoms with E-state index < -0.39 is 17.2 Å². The van der Waals surface area contributed by atoms with Gasteiger partial charge in [-0.25, -0.2) is 10.6 Å². The number of aryl methyl sites for hydroxylation is 1. The molecule has 0 aromatic carbocycles. The summed E-state index contributed by atoms with van der Waals surface area (Å²) in [5, 5.41) is 0. The van der Waals surface area contributed by atoms with Crippen molar-refractivity contribution in [1.82, 2.24) is 15.0 Å². The summed E-state index contributed by atoms with van der Waals surface area (Å²) in [4.78, 5) is 35.7. The van der Waals surface area contributed by atoms with E-state index in [9.17, 15) is 14.4 Å². The second-order valence-corrected chi connectivity index (χ2v) is 2.75. The summed E-state index contributed by atoms with van der Waals surface area (Å²) >= 11 is 0. The van der Waals surface area contributed by atoms with Gasteiger partial charge in [0.05, 0.1) is 0 Å². The van der Waals surface area contributed by atoms with Crippen LogP contribution in [0.4, 0.5) is 0 Å². The summed E-state index contributed by atoms with van der Waals surface area (Å²) in [6.45, 7) is 1.20. The molecule has 76 valence electrons. The number of rotatable bonds is 2. The molecule has 0 aliphatic heterocycles. The van der Waals surface area contributed by atoms with Crippen LogP contribution in [0.15, 0.2) is 15.7 Å². The Bertz CT molecular complexity index is 427. The van der Waals surface area contributed by atoms with Gasteiger partial charge in [-0.2, -0.15) is 0 Å². The zero-order valence-corrected chi connectivity index (χ0v) is 7.53. The van der Waals surface area contributed by atoms with Gasteiger partial charge in [0.15, 0.2) is 0 Å². The van der Waals surface area contributed by atoms with Crippen molar-refractivity contribution in [3.05, 3.63) is 32.6 Å². The summed E-state index contributed by atoms with van der Waals surface area (Å²) in [6, 6.07) is 1.23. The van der Waals surface area contributed by atoms with Crippen LogP contribution in [-0.4, -0.2) is 15.5 Å². The molecule has 0 saturated carbocycles. The van der Waals surface area contributed by atoms with Crippen LogP contribution in [0.5, 0.6) is 0 Å². The minimum atomic E-state index is -0.626. The first-order valence-electron chi connectivity index (χ1n) is 3.85. The van der Waals surface area contributed by atoms with Crippen molar-refractivity contribution in [1.29, 1.82) is 0 Å². The van der Waals surface area contributed by atoms with Gasteiger partial charge >= 0.3 is 5.69 Å². The Labute approximate surface area is 78.5 Å². The van der Waals surface area contributed by atoms with Gasteiger partial charge in [0.25, 0.3) is 11.5 Å². The van der Waals surface area contributed by atoms with Crippen molar-refractivity contribution < 1.29 is 4.79 Å². The van der Waals surface area contributed by atoms with Crippen LogP contribution in [0.1, 0.15) is 5.69 Å². The molecule has 1 aromatic rings. The Hall–Kier alpha value is -1.89. The monoisotopic (exact) mass is 198 g/mol. The van der Waals surface area contributed by atoms with Gasteiger partial charge in [0.1, 0.15) is 6.54 Å². The van der Waals surface area contributed by atoms with Crippen molar-refractivity contribution in [3.8, 4) is 0 Å². The maximum atomic E-state index is 11.2. The molecule has 0 saturated heterocycles. The van der Waals surface area contributed by atoms with Gasteiger partial charge in [-0.15, -0.1) is 0 Å². The quantitative estimate of drug-likeness (QED) is 0.285. The number of nitrogens with one attached hydrogen (secondary N) is 2. The number of carbonyl (C=O) groups is 1. The van der Waals surface area contributed by atoms with Crippen molar-refractivity contribution in [2.45, 2.75) is 13.5 Å². The predicted octanol–water partition coefficient (Wildman–Crippen LogP) is -2.17. The molecule has 1 amide bonds. The number of aromatic amines is 1. The van der Waals surface area contributed by atoms with Crippen LogP contribution in [-0.2, 0) is 11.3 Å². The number of hydrazine groups is 1. The Balaban J connectivity index is 3.16. The molecular formula is C7H10N4O3. The molecule has 4 N–H and O–H groups in total. The fourth-order valence-corrected chi connectivity index (χ4v) is 0.974. The molecule has 1 rings (SSSR count). The summed E-state index contributed by atoms with van der Waals surface area (Å²) in [6.07, 6.45) is 0. The van der Waals surface area contributed by atoms with Crippen LogP contribution in [0.2, 0.25) is 0 Å². The van der Waals surface area contributed by atoms with Crippen LogP contribution in [0.3, 0.4) is 0 Å². The minimum Gasteiger partial charge on any atom is -0.311 e. The smallest absolute Gasteiger partial charge is 0.311 e. The van der Waals surface area contributed by atoms with E-state index in [1.807, 2.05) is 5.43 Å². The van der Waals surface area contributed by atoms with Gasteiger partial charge in [-0.1, -0.05) is 0 Å². The highest BCUT2D eigenvalue weighted by Crippen LogP contribution is 1.79. The van der Waals surface area contributed by atoms with Crippen molar-refractivity contribution in [2.75, 3.05) is 0 Å². The summed E-state index contributed by atoms with van der Waals surface area (Å²) < 4.78 is 0.759. The fourth-order valence-electron chi connectivity index (χ4n) is 0.974. The molecule has 0 aliphatic rings. The molecule has 0 radical (unpaired) electrons. The highest BCUT2D eigenvalue weighted by molar-refractivity contribution is 5.74. The van der Waals surface area contributed by atoms with Crippen molar-refractivity contribution in [2.24, 2.45) is 5.84 Å². The Kier molecular flexibility index (Phi) is 2.82. The average Bonchev–Trinajstić information content (AvgIpc) is 2.10. The van der Waals surface area contributed by atoms with Gasteiger partial charge in [-0.3, -0.25) is 19.6 Å². The molecule has 0 fully saturated rings. The van der Waals surface area contributed by atoms with E-state index in [1.165, 1.54) is 6.07 Å². The molecular weight excluding hydrogens is 188 g/mol. The van der Waals surface area contributed by atoms with E-state index >= 15 is 0 Å². The second-order valence-electron chi connectivity index (χ2n) is 2.75. The lowest BCUT2D eigenvalue weighted by atomic mass is 10.4. The Morgan fingerprint density at radius 3 is 2.79 bits per heavy atom. The normalized spacial score (nSPS) is 9.86. The highest BCUT2D eigenvalue weighted by Gasteiger charge is 2.06. The summed E-state index contributed by atoms with van der Waals surface area (Å²) in [7, 11) is 0. The Morgan fingerprint density at radius 2 is 2.29 bits per heavy atom. The van der Waals surface area contributed by atoms with E-state index in [4.69, 9.17) is 5.84 Å². The summed E-state index contributed by atoms with van der Waals surface area (Å²) in [5.41, 5.74) is 1.12. The molecule has 14 heavy (non-hydrogen) atoms. The topological polar surface area (TPSA) is 110 Å². The van der Waals surface area contributed by atoms with Crippen LogP contribution in [0.25, 0.3) is 0 Å². The number of nitrogens with zero attached hydrogens (tertiary/aromatic N) is 1. The molecule has 0 aliphatic carbocycles. The number of H-pyrrole nitrogens is 1. The molecule has 0 spiro atoms. The van der Waals surface area contributed by atoms with E-state index in [0.29, 0.717) is 5.69 Å². The lowest BCUT2D eigenvalue weighted by Gasteiger charge is -2.02. The third kappa shape index (κ3) is 2.07. The SMILES string of the molecule is Cc1cc(=O)n(CC(=O)NN)c(=O)[nH]1. The van der Waals surface area contributed by atoms with Gasteiger partial charge in [0, 0.05) is 11.8 Å². The first kappa shape index (κ1) is 10.2. The molecule has 7 nitrogen and oxygen atoms in total. The van der Waals surface area contributed by atoms with E-state index in [1.54, 1.807) is 6.92 Å². The van der Waals surface area contributed by atoms with Crippen LogP contribution >= 0.6 is 0 Å². The van der Waals surface area contributed by atoms with Crippen molar-refractivity contribution >= 4 is 5.91 Å². The maximum absolute atomic E-state index is 11.2. The second kappa shape index (κ2) is 3.88. The predicted molar refractivity (Wildman–Crippen MR) is 48.4 cm³/mol. The van der Waals surface area contributed by atoms with E-state index in [0.717, 1.165) is 4.57 Å². The molecule has 0 atom stereocenters. The van der Waals surface area contributed by atoms with Gasteiger partial charge < -0.3 is 4.98 Å². The maximum Gasteiger partial charge on any atom is 0.329 e. The number of amides is 1. The number of carbonyl (C=O) groups excluding carboxylic acids is 1. The first-order chi connectivity index (χ1) is 6.54. The molecule has 0 bridgehead atoms. The van der Waals surface area contributed by atoms with Gasteiger partial charge in [0.2, 0.25) is 0 Å². The number of aromatic nitrogens is 2. The van der Waals surface area contributed by atoms with Crippen molar-refractivity contribution in [3.63, 3.8) is 0 Å². The standard InChI is InChI=1S/C7H10N4O3/c1-4-2-6(13)11(7(14)9-4)3-5(12)10-8/h2H,3,8H2,1H3,(H,9,14)(H,10,12). The van der Waals surface area contributed by atoms with E-state index in [2.05, 4.69) is 4.98 Å². The fraction of sp³-hybridized carbons (Fsp3) is 0.286. The zero-order chi connectivity index (χ0) is 10.7. The van der Waals surface area contributed by atoms with Gasteiger partial charge in [-0.05, 0) is 6.92 Å². The number of hydrogen-bond acceptors (Lipinski definition) is 4. The molecule has 7 heteroatoms. The van der Waals surface area contributed by atoms with Crippen LogP contribution in [0, 0.1) is 6.92 Å². The molecule has 0 unspecified atom stereocenters. The number of hydrogen-bond donors (Lipinski definition) is 3. The van der Waals surface area contributed by atoms with E-state index in [-0.39, 0.29) is 6.54 Å². The molecule has 1 heterocycles. The third-order valence-corrected chi connectivity index (χ3v) is 1.62. The largest absolute Gasteiger partial charge is 0.329 e. The third-order valence-electron chi connectivity index (χ3n) is 1.62. The zero-order valence-electron chi connectivity index (χ0n) is 7.53. The summed E-state index contributed by atoms with van der Waals surface area (Å²) in [5.74, 6) is 4.21. The highest BCUT2D eigenvalue weighted by atomic mass is 16.2. The minimum absolute atomic E-state index is 0.384. The lowest BCUT2D eigenvalue weighted by molar-refractivity contribution is -0.121. The average molecular weight is 198 g/mol. The number of nitrogens with two attached hydrogens (primary N) is 1. The van der Waals surface area contributed by atoms with Crippen LogP contribution < -0.4 is 22.5 Å². The Morgan fingerprint density at radius 1 is 1.64 bits per heavy atom. The first-order valence-corrected chi connectivity index (χ1v) is 3.85. The molecule has 1 aromatic heterocycles. The lowest BCUT2D eigenvalue weighted by Crippen LogP contribution is -2.42.